The van der Waals surface area contributed by atoms with E-state index < -0.39 is 0 Å². The predicted molar refractivity (Wildman–Crippen MR) is 38.9 cm³/mol. The number of para-hydroxylation sites is 1. The Hall–Kier alpha value is -1.51. The van der Waals surface area contributed by atoms with E-state index in [9.17, 15) is 0 Å². The molecule has 0 amide bonds. The van der Waals surface area contributed by atoms with Gasteiger partial charge >= 0.3 is 0 Å². The van der Waals surface area contributed by atoms with E-state index >= 15 is 0 Å². The third-order valence-corrected chi connectivity index (χ3v) is 1.48. The number of nitrogens with zero attached hydrogens (tertiary/aromatic N) is 1. The van der Waals surface area contributed by atoms with Gasteiger partial charge in [0, 0.05) is 5.39 Å². The molecule has 1 aromatic heterocycles. The molecule has 0 aliphatic heterocycles. The topological polar surface area (TPSA) is 52.5 Å². The molecule has 0 unspecified atom stereocenters. The minimum atomic E-state index is 0.495. The summed E-state index contributed by atoms with van der Waals surface area (Å²) < 4.78 is 0. The Bertz CT molecular complexity index is 350. The maximum Gasteiger partial charge on any atom is 0.0899 e. The van der Waals surface area contributed by atoms with Gasteiger partial charge in [-0.05, 0) is 6.07 Å². The zero-order valence-electron chi connectivity index (χ0n) is 5.26. The second kappa shape index (κ2) is 1.73. The smallest absolute Gasteiger partial charge is 0.0899 e. The van der Waals surface area contributed by atoms with Crippen LogP contribution in [0.25, 0.3) is 10.9 Å². The summed E-state index contributed by atoms with van der Waals surface area (Å²) in [5, 5.41) is 7.56. The van der Waals surface area contributed by atoms with Crippen molar-refractivity contribution in [3.63, 3.8) is 0 Å². The summed E-state index contributed by atoms with van der Waals surface area (Å²) in [6, 6.07) is 5.51. The van der Waals surface area contributed by atoms with E-state index in [-0.39, 0.29) is 0 Å². The lowest BCUT2D eigenvalue weighted by molar-refractivity contribution is 1.12. The van der Waals surface area contributed by atoms with Gasteiger partial charge in [0.1, 0.15) is 0 Å². The minimum absolute atomic E-state index is 0.495. The summed E-state index contributed by atoms with van der Waals surface area (Å²) in [7, 11) is 0. The van der Waals surface area contributed by atoms with E-state index in [1.165, 1.54) is 0 Å². The van der Waals surface area contributed by atoms with Crippen molar-refractivity contribution >= 4 is 16.6 Å². The number of hydrogen-bond acceptors (Lipinski definition) is 1. The molecule has 0 saturated carbocycles. The summed E-state index contributed by atoms with van der Waals surface area (Å²) >= 11 is 0. The number of rotatable bonds is 0. The molecule has 1 heterocycles. The van der Waals surface area contributed by atoms with E-state index in [0.717, 1.165) is 10.9 Å². The van der Waals surface area contributed by atoms with E-state index in [4.69, 9.17) is 5.73 Å². The van der Waals surface area contributed by atoms with Gasteiger partial charge in [0.25, 0.3) is 0 Å². The normalized spacial score (nSPS) is 10.4. The zero-order valence-corrected chi connectivity index (χ0v) is 5.26. The maximum absolute atomic E-state index is 7.41. The van der Waals surface area contributed by atoms with Gasteiger partial charge in [-0.15, -0.1) is 0 Å². The van der Waals surface area contributed by atoms with Crippen LogP contribution >= 0.6 is 0 Å². The van der Waals surface area contributed by atoms with Crippen molar-refractivity contribution in [1.29, 1.82) is 0 Å². The lowest BCUT2D eigenvalue weighted by atomic mass is 10.2. The molecular weight excluding hydrogens is 126 g/mol. The highest BCUT2D eigenvalue weighted by atomic mass is 15.1. The van der Waals surface area contributed by atoms with E-state index in [1.54, 1.807) is 12.3 Å². The van der Waals surface area contributed by atoms with Crippen LogP contribution in [-0.2, 0) is 0 Å². The molecule has 1 radical (unpaired) electrons. The molecule has 2 aromatic rings. The van der Waals surface area contributed by atoms with Gasteiger partial charge in [-0.2, -0.15) is 5.10 Å². The van der Waals surface area contributed by atoms with Gasteiger partial charge in [-0.1, -0.05) is 12.1 Å². The molecule has 10 heavy (non-hydrogen) atoms. The van der Waals surface area contributed by atoms with Crippen LogP contribution in [0.1, 0.15) is 0 Å². The van der Waals surface area contributed by atoms with E-state index in [1.807, 2.05) is 12.1 Å². The molecule has 49 valence electrons. The number of nitrogens with one attached hydrogen (secondary N) is 2. The summed E-state index contributed by atoms with van der Waals surface area (Å²) in [6.07, 6.45) is 1.72. The fourth-order valence-corrected chi connectivity index (χ4v) is 0.969. The van der Waals surface area contributed by atoms with Crippen LogP contribution in [0.15, 0.2) is 24.4 Å². The first-order valence-electron chi connectivity index (χ1n) is 3.01. The third-order valence-electron chi connectivity index (χ3n) is 1.48. The number of hydrogen-bond donors (Lipinski definition) is 1. The van der Waals surface area contributed by atoms with Crippen molar-refractivity contribution in [2.45, 2.75) is 0 Å². The van der Waals surface area contributed by atoms with Crippen LogP contribution in [0.3, 0.4) is 0 Å². The molecule has 0 aliphatic carbocycles. The lowest BCUT2D eigenvalue weighted by Gasteiger charge is -1.89. The number of aromatic nitrogens is 2. The maximum atomic E-state index is 7.41. The first kappa shape index (κ1) is 5.29. The third kappa shape index (κ3) is 0.572. The second-order valence-corrected chi connectivity index (χ2v) is 2.14. The van der Waals surface area contributed by atoms with Gasteiger partial charge in [0.05, 0.1) is 17.4 Å². The quantitative estimate of drug-likeness (QED) is 0.579. The molecule has 0 atom stereocenters. The number of H-pyrrole nitrogens is 1. The Labute approximate surface area is 57.9 Å². The monoisotopic (exact) mass is 132 g/mol. The molecule has 0 bridgehead atoms. The van der Waals surface area contributed by atoms with Gasteiger partial charge in [0.15, 0.2) is 0 Å². The molecular formula is C7H6N3. The summed E-state index contributed by atoms with van der Waals surface area (Å²) in [5.74, 6) is 0. The van der Waals surface area contributed by atoms with Crippen LogP contribution in [-0.4, -0.2) is 10.2 Å². The van der Waals surface area contributed by atoms with Crippen molar-refractivity contribution in [3.8, 4) is 0 Å². The van der Waals surface area contributed by atoms with Gasteiger partial charge in [-0.3, -0.25) is 10.8 Å². The molecule has 0 spiro atoms. The molecule has 0 fully saturated rings. The lowest BCUT2D eigenvalue weighted by Crippen LogP contribution is -1.72. The largest absolute Gasteiger partial charge is 0.299 e. The standard InChI is InChI=1S/C7H6N3/c8-6-3-1-2-5-4-9-10-7(5)6/h1-4,8H,(H,9,10). The van der Waals surface area contributed by atoms with Crippen LogP contribution < -0.4 is 5.73 Å². The average molecular weight is 132 g/mol. The van der Waals surface area contributed by atoms with Crippen LogP contribution in [0.5, 0.6) is 0 Å². The molecule has 3 heteroatoms. The molecule has 1 aromatic carbocycles. The molecule has 0 aliphatic rings. The SMILES string of the molecule is [NH]c1cccc2cn[nH]c12. The summed E-state index contributed by atoms with van der Waals surface area (Å²) in [6.45, 7) is 0. The second-order valence-electron chi connectivity index (χ2n) is 2.14. The van der Waals surface area contributed by atoms with Crippen molar-refractivity contribution in [2.24, 2.45) is 0 Å². The Morgan fingerprint density at radius 3 is 3.10 bits per heavy atom. The molecule has 0 saturated heterocycles. The molecule has 2 N–H and O–H groups in total. The van der Waals surface area contributed by atoms with Crippen LogP contribution in [0, 0.1) is 0 Å². The van der Waals surface area contributed by atoms with Gasteiger partial charge in [0.2, 0.25) is 0 Å². The van der Waals surface area contributed by atoms with Gasteiger partial charge in [-0.25, -0.2) is 0 Å². The first-order valence-corrected chi connectivity index (χ1v) is 3.01. The Balaban J connectivity index is 2.95. The Morgan fingerprint density at radius 2 is 2.30 bits per heavy atom. The highest BCUT2D eigenvalue weighted by Gasteiger charge is 1.96. The van der Waals surface area contributed by atoms with Crippen molar-refractivity contribution in [3.05, 3.63) is 24.4 Å². The first-order chi connectivity index (χ1) is 4.88. The molecule has 3 nitrogen and oxygen atoms in total. The zero-order chi connectivity index (χ0) is 6.97. The summed E-state index contributed by atoms with van der Waals surface area (Å²) in [5.41, 5.74) is 8.71. The fourth-order valence-electron chi connectivity index (χ4n) is 0.969. The van der Waals surface area contributed by atoms with Crippen LogP contribution in [0.2, 0.25) is 0 Å². The highest BCUT2D eigenvalue weighted by molar-refractivity contribution is 5.87. The highest BCUT2D eigenvalue weighted by Crippen LogP contribution is 2.17. The van der Waals surface area contributed by atoms with Gasteiger partial charge < -0.3 is 0 Å². The fraction of sp³-hybridized carbons (Fsp3) is 0. The summed E-state index contributed by atoms with van der Waals surface area (Å²) in [4.78, 5) is 0. The average Bonchev–Trinajstić information content (AvgIpc) is 2.36. The van der Waals surface area contributed by atoms with Crippen LogP contribution in [0.4, 0.5) is 5.69 Å². The van der Waals surface area contributed by atoms with Crippen molar-refractivity contribution < 1.29 is 0 Å². The predicted octanol–water partition coefficient (Wildman–Crippen LogP) is 1.48. The van der Waals surface area contributed by atoms with E-state index in [0.29, 0.717) is 5.69 Å². The molecule has 2 rings (SSSR count). The van der Waals surface area contributed by atoms with Crippen molar-refractivity contribution in [2.75, 3.05) is 0 Å². The number of fused-ring (bicyclic) bond motifs is 1. The minimum Gasteiger partial charge on any atom is -0.299 e. The Kier molecular flexibility index (Phi) is 0.917. The number of aromatic amines is 1. The Morgan fingerprint density at radius 1 is 1.40 bits per heavy atom. The number of benzene rings is 1. The van der Waals surface area contributed by atoms with Crippen molar-refractivity contribution in [1.82, 2.24) is 15.9 Å². The van der Waals surface area contributed by atoms with E-state index in [2.05, 4.69) is 10.2 Å².